The van der Waals surface area contributed by atoms with Crippen molar-refractivity contribution < 1.29 is 14.3 Å². The zero-order chi connectivity index (χ0) is 17.7. The summed E-state index contributed by atoms with van der Waals surface area (Å²) in [5.41, 5.74) is 0.527. The Morgan fingerprint density at radius 2 is 2.12 bits per heavy atom. The highest BCUT2D eigenvalue weighted by Crippen LogP contribution is 2.18. The second kappa shape index (κ2) is 8.01. The van der Waals surface area contributed by atoms with E-state index in [-0.39, 0.29) is 36.0 Å². The topological polar surface area (TPSA) is 80.0 Å². The molecule has 0 fully saturated rings. The van der Waals surface area contributed by atoms with Gasteiger partial charge < -0.3 is 10.4 Å². The van der Waals surface area contributed by atoms with Crippen LogP contribution in [0, 0.1) is 11.7 Å². The van der Waals surface area contributed by atoms with Crippen molar-refractivity contribution in [3.63, 3.8) is 0 Å². The first-order valence-electron chi connectivity index (χ1n) is 8.04. The van der Waals surface area contributed by atoms with Crippen LogP contribution in [0.1, 0.15) is 49.6 Å². The van der Waals surface area contributed by atoms with Crippen molar-refractivity contribution in [1.82, 2.24) is 20.1 Å². The minimum atomic E-state index is -0.378. The number of aliphatic hydroxyl groups is 1. The maximum atomic E-state index is 13.5. The van der Waals surface area contributed by atoms with Gasteiger partial charge in [0.2, 0.25) is 5.82 Å². The second-order valence-corrected chi connectivity index (χ2v) is 6.17. The summed E-state index contributed by atoms with van der Waals surface area (Å²) < 4.78 is 15.0. The van der Waals surface area contributed by atoms with E-state index in [1.807, 2.05) is 20.8 Å². The predicted molar refractivity (Wildman–Crippen MR) is 88.6 cm³/mol. The molecule has 0 aliphatic rings. The smallest absolute Gasteiger partial charge is 0.290 e. The third-order valence-corrected chi connectivity index (χ3v) is 3.64. The van der Waals surface area contributed by atoms with E-state index < -0.39 is 0 Å². The quantitative estimate of drug-likeness (QED) is 0.814. The number of carbonyl (C=O) groups excluding carboxylic acids is 1. The minimum absolute atomic E-state index is 0.0237. The number of aromatic nitrogens is 3. The lowest BCUT2D eigenvalue weighted by Gasteiger charge is -2.09. The lowest BCUT2D eigenvalue weighted by Crippen LogP contribution is -2.29. The molecular weight excluding hydrogens is 311 g/mol. The van der Waals surface area contributed by atoms with Crippen LogP contribution in [-0.2, 0) is 0 Å². The van der Waals surface area contributed by atoms with E-state index >= 15 is 0 Å². The molecule has 24 heavy (non-hydrogen) atoms. The molecule has 0 aliphatic carbocycles. The monoisotopic (exact) mass is 334 g/mol. The summed E-state index contributed by atoms with van der Waals surface area (Å²) in [6, 6.07) is 6.01. The predicted octanol–water partition coefficient (Wildman–Crippen LogP) is 2.28. The molecule has 0 spiro atoms. The molecule has 1 atom stereocenters. The highest BCUT2D eigenvalue weighted by Gasteiger charge is 2.19. The number of hydrogen-bond acceptors (Lipinski definition) is 4. The first-order valence-corrected chi connectivity index (χ1v) is 8.04. The summed E-state index contributed by atoms with van der Waals surface area (Å²) in [5, 5.41) is 15.9. The van der Waals surface area contributed by atoms with Gasteiger partial charge in [0.05, 0.1) is 5.69 Å². The zero-order valence-electron chi connectivity index (χ0n) is 14.2. The Morgan fingerprint density at radius 1 is 1.38 bits per heavy atom. The number of aliphatic hydroxyl groups excluding tert-OH is 1. The molecule has 0 aliphatic heterocycles. The molecule has 2 N–H and O–H groups in total. The minimum Gasteiger partial charge on any atom is -0.396 e. The lowest BCUT2D eigenvalue weighted by atomic mass is 10.1. The van der Waals surface area contributed by atoms with E-state index in [1.165, 1.54) is 16.8 Å². The van der Waals surface area contributed by atoms with E-state index in [0.717, 1.165) is 0 Å². The standard InChI is InChI=1S/C17H23FN4O2/c1-11(2)16-20-15(17(24)19-10-12(3)7-8-23)21-22(16)14-6-4-5-13(18)9-14/h4-6,9,11-12,23H,7-8,10H2,1-3H3,(H,19,24). The zero-order valence-corrected chi connectivity index (χ0v) is 14.2. The molecule has 0 bridgehead atoms. The summed E-state index contributed by atoms with van der Waals surface area (Å²) in [6.45, 7) is 6.33. The molecule has 130 valence electrons. The van der Waals surface area contributed by atoms with Crippen LogP contribution < -0.4 is 5.32 Å². The van der Waals surface area contributed by atoms with Gasteiger partial charge in [0.15, 0.2) is 0 Å². The van der Waals surface area contributed by atoms with Gasteiger partial charge in [-0.1, -0.05) is 26.8 Å². The number of benzene rings is 1. The van der Waals surface area contributed by atoms with Gasteiger partial charge in [0.1, 0.15) is 11.6 Å². The Bertz CT molecular complexity index is 700. The molecule has 6 nitrogen and oxygen atoms in total. The summed E-state index contributed by atoms with van der Waals surface area (Å²) in [6.07, 6.45) is 0.614. The number of halogens is 1. The van der Waals surface area contributed by atoms with Crippen LogP contribution in [0.3, 0.4) is 0 Å². The van der Waals surface area contributed by atoms with E-state index in [2.05, 4.69) is 15.4 Å². The van der Waals surface area contributed by atoms with Crippen LogP contribution in [0.4, 0.5) is 4.39 Å². The second-order valence-electron chi connectivity index (χ2n) is 6.17. The fourth-order valence-electron chi connectivity index (χ4n) is 2.26. The van der Waals surface area contributed by atoms with Crippen LogP contribution >= 0.6 is 0 Å². The Balaban J connectivity index is 2.23. The normalized spacial score (nSPS) is 12.4. The molecule has 1 unspecified atom stereocenters. The largest absolute Gasteiger partial charge is 0.396 e. The first kappa shape index (κ1) is 18.1. The number of amides is 1. The average Bonchev–Trinajstić information content (AvgIpc) is 2.98. The number of nitrogens with one attached hydrogen (secondary N) is 1. The van der Waals surface area contributed by atoms with Crippen LogP contribution in [0.25, 0.3) is 5.69 Å². The molecule has 1 heterocycles. The van der Waals surface area contributed by atoms with E-state index in [4.69, 9.17) is 5.11 Å². The summed E-state index contributed by atoms with van der Waals surface area (Å²) >= 11 is 0. The molecule has 0 radical (unpaired) electrons. The van der Waals surface area contributed by atoms with E-state index in [1.54, 1.807) is 12.1 Å². The summed E-state index contributed by atoms with van der Waals surface area (Å²) in [5.74, 6) is 0.0798. The van der Waals surface area contributed by atoms with Crippen molar-refractivity contribution in [2.45, 2.75) is 33.1 Å². The number of nitrogens with zero attached hydrogens (tertiary/aromatic N) is 3. The van der Waals surface area contributed by atoms with Gasteiger partial charge in [0, 0.05) is 19.1 Å². The molecule has 1 amide bonds. The van der Waals surface area contributed by atoms with Crippen molar-refractivity contribution in [2.75, 3.05) is 13.2 Å². The molecule has 2 aromatic rings. The maximum absolute atomic E-state index is 13.5. The van der Waals surface area contributed by atoms with Gasteiger partial charge in [-0.2, -0.15) is 0 Å². The molecular formula is C17H23FN4O2. The maximum Gasteiger partial charge on any atom is 0.290 e. The lowest BCUT2D eigenvalue weighted by molar-refractivity contribution is 0.0935. The highest BCUT2D eigenvalue weighted by molar-refractivity contribution is 5.90. The number of carbonyl (C=O) groups is 1. The van der Waals surface area contributed by atoms with E-state index in [9.17, 15) is 9.18 Å². The van der Waals surface area contributed by atoms with Gasteiger partial charge in [-0.15, -0.1) is 5.10 Å². The molecule has 0 saturated carbocycles. The highest BCUT2D eigenvalue weighted by atomic mass is 19.1. The Hall–Kier alpha value is -2.28. The molecule has 2 rings (SSSR count). The van der Waals surface area contributed by atoms with Crippen molar-refractivity contribution in [1.29, 1.82) is 0 Å². The van der Waals surface area contributed by atoms with E-state index in [0.29, 0.717) is 24.5 Å². The van der Waals surface area contributed by atoms with Crippen molar-refractivity contribution >= 4 is 5.91 Å². The summed E-state index contributed by atoms with van der Waals surface area (Å²) in [7, 11) is 0. The molecule has 1 aromatic heterocycles. The average molecular weight is 334 g/mol. The summed E-state index contributed by atoms with van der Waals surface area (Å²) in [4.78, 5) is 16.6. The van der Waals surface area contributed by atoms with Crippen LogP contribution in [0.2, 0.25) is 0 Å². The SMILES string of the molecule is CC(CCO)CNC(=O)c1nc(C(C)C)n(-c2cccc(F)c2)n1. The van der Waals surface area contributed by atoms with Crippen molar-refractivity contribution in [3.8, 4) is 5.69 Å². The Labute approximate surface area is 140 Å². The van der Waals surface area contributed by atoms with Crippen molar-refractivity contribution in [2.24, 2.45) is 5.92 Å². The van der Waals surface area contributed by atoms with Crippen LogP contribution in [0.15, 0.2) is 24.3 Å². The third kappa shape index (κ3) is 4.38. The Kier molecular flexibility index (Phi) is 6.03. The van der Waals surface area contributed by atoms with Crippen LogP contribution in [-0.4, -0.2) is 38.9 Å². The third-order valence-electron chi connectivity index (χ3n) is 3.64. The fraction of sp³-hybridized carbons (Fsp3) is 0.471. The number of rotatable bonds is 7. The molecule has 7 heteroatoms. The van der Waals surface area contributed by atoms with Gasteiger partial charge in [-0.05, 0) is 30.5 Å². The van der Waals surface area contributed by atoms with Gasteiger partial charge >= 0.3 is 0 Å². The Morgan fingerprint density at radius 3 is 2.75 bits per heavy atom. The van der Waals surface area contributed by atoms with Gasteiger partial charge in [0.25, 0.3) is 5.91 Å². The van der Waals surface area contributed by atoms with Gasteiger partial charge in [-0.3, -0.25) is 4.79 Å². The first-order chi connectivity index (χ1) is 11.4. The van der Waals surface area contributed by atoms with Gasteiger partial charge in [-0.25, -0.2) is 14.1 Å². The molecule has 1 aromatic carbocycles. The van der Waals surface area contributed by atoms with Crippen LogP contribution in [0.5, 0.6) is 0 Å². The fourth-order valence-corrected chi connectivity index (χ4v) is 2.26. The van der Waals surface area contributed by atoms with Crippen molar-refractivity contribution in [3.05, 3.63) is 41.7 Å². The number of hydrogen-bond donors (Lipinski definition) is 2. The molecule has 0 saturated heterocycles.